The summed E-state index contributed by atoms with van der Waals surface area (Å²) >= 11 is 0. The minimum absolute atomic E-state index is 0.0313. The average molecular weight is 266 g/mol. The molecule has 1 aliphatic heterocycles. The van der Waals surface area contributed by atoms with Gasteiger partial charge in [-0.1, -0.05) is 6.07 Å². The maximum atomic E-state index is 13.6. The summed E-state index contributed by atoms with van der Waals surface area (Å²) in [6.07, 6.45) is -0.0313. The Morgan fingerprint density at radius 1 is 1.58 bits per heavy atom. The number of benzene rings is 1. The van der Waals surface area contributed by atoms with Gasteiger partial charge in [0.15, 0.2) is 0 Å². The maximum Gasteiger partial charge on any atom is 0.254 e. The van der Waals surface area contributed by atoms with Crippen LogP contribution in [-0.4, -0.2) is 50.2 Å². The summed E-state index contributed by atoms with van der Waals surface area (Å²) in [4.78, 5) is 14.0. The molecule has 0 radical (unpaired) electrons. The van der Waals surface area contributed by atoms with E-state index in [-0.39, 0.29) is 11.7 Å². The first-order valence-electron chi connectivity index (χ1n) is 6.41. The summed E-state index contributed by atoms with van der Waals surface area (Å²) < 4.78 is 19.2. The van der Waals surface area contributed by atoms with Gasteiger partial charge in [-0.05, 0) is 31.7 Å². The average Bonchev–Trinajstić information content (AvgIpc) is 2.36. The van der Waals surface area contributed by atoms with E-state index in [0.717, 1.165) is 18.7 Å². The fourth-order valence-corrected chi connectivity index (χ4v) is 2.10. The van der Waals surface area contributed by atoms with Crippen LogP contribution in [0.1, 0.15) is 15.9 Å². The number of hydrogen-bond donors (Lipinski definition) is 1. The number of ether oxygens (including phenoxy) is 1. The van der Waals surface area contributed by atoms with Crippen molar-refractivity contribution < 1.29 is 13.9 Å². The van der Waals surface area contributed by atoms with Crippen LogP contribution >= 0.6 is 0 Å². The second kappa shape index (κ2) is 6.12. The van der Waals surface area contributed by atoms with Crippen molar-refractivity contribution in [3.05, 3.63) is 35.1 Å². The Hall–Kier alpha value is -1.46. The Labute approximate surface area is 112 Å². The smallest absolute Gasteiger partial charge is 0.254 e. The molecule has 1 aliphatic rings. The monoisotopic (exact) mass is 266 g/mol. The zero-order valence-electron chi connectivity index (χ0n) is 11.3. The third-order valence-electron chi connectivity index (χ3n) is 3.20. The topological polar surface area (TPSA) is 41.6 Å². The number of amides is 1. The van der Waals surface area contributed by atoms with Crippen molar-refractivity contribution in [1.29, 1.82) is 0 Å². The molecule has 104 valence electrons. The number of hydrogen-bond acceptors (Lipinski definition) is 3. The molecule has 0 bridgehead atoms. The molecule has 19 heavy (non-hydrogen) atoms. The van der Waals surface area contributed by atoms with Gasteiger partial charge >= 0.3 is 0 Å². The quantitative estimate of drug-likeness (QED) is 0.893. The standard InChI is InChI=1S/C14H19FN2O2/c1-10-3-4-12(13(15)7-10)14(18)16-8-11-9-17(2)5-6-19-11/h3-4,7,11H,5-6,8-9H2,1-2H3,(H,16,18). The highest BCUT2D eigenvalue weighted by molar-refractivity contribution is 5.94. The summed E-state index contributed by atoms with van der Waals surface area (Å²) in [7, 11) is 2.01. The molecule has 0 spiro atoms. The van der Waals surface area contributed by atoms with Gasteiger partial charge < -0.3 is 15.0 Å². The molecule has 1 heterocycles. The number of nitrogens with zero attached hydrogens (tertiary/aromatic N) is 1. The maximum absolute atomic E-state index is 13.6. The molecular formula is C14H19FN2O2. The SMILES string of the molecule is Cc1ccc(C(=O)NCC2CN(C)CCO2)c(F)c1. The number of likely N-dealkylation sites (N-methyl/N-ethyl adjacent to an activating group) is 1. The van der Waals surface area contributed by atoms with Gasteiger partial charge in [-0.3, -0.25) is 4.79 Å². The lowest BCUT2D eigenvalue weighted by molar-refractivity contribution is -0.0175. The van der Waals surface area contributed by atoms with Gasteiger partial charge in [-0.15, -0.1) is 0 Å². The largest absolute Gasteiger partial charge is 0.374 e. The predicted molar refractivity (Wildman–Crippen MR) is 70.7 cm³/mol. The highest BCUT2D eigenvalue weighted by Crippen LogP contribution is 2.10. The third kappa shape index (κ3) is 3.75. The van der Waals surface area contributed by atoms with Crippen molar-refractivity contribution in [3.8, 4) is 0 Å². The molecule has 1 aromatic rings. The minimum atomic E-state index is -0.487. The van der Waals surface area contributed by atoms with Gasteiger partial charge in [0.05, 0.1) is 18.3 Å². The van der Waals surface area contributed by atoms with E-state index in [0.29, 0.717) is 13.2 Å². The summed E-state index contributed by atoms with van der Waals surface area (Å²) in [6.45, 7) is 4.52. The molecule has 1 unspecified atom stereocenters. The first kappa shape index (κ1) is 14.0. The summed E-state index contributed by atoms with van der Waals surface area (Å²) in [5.74, 6) is -0.881. The fourth-order valence-electron chi connectivity index (χ4n) is 2.10. The van der Waals surface area contributed by atoms with Gasteiger partial charge in [0.2, 0.25) is 0 Å². The fraction of sp³-hybridized carbons (Fsp3) is 0.500. The predicted octanol–water partition coefficient (Wildman–Crippen LogP) is 1.19. The Balaban J connectivity index is 1.90. The van der Waals surface area contributed by atoms with Gasteiger partial charge in [0.25, 0.3) is 5.91 Å². The number of nitrogens with one attached hydrogen (secondary N) is 1. The zero-order chi connectivity index (χ0) is 13.8. The van der Waals surface area contributed by atoms with Crippen LogP contribution < -0.4 is 5.32 Å². The molecule has 1 amide bonds. The molecule has 0 saturated carbocycles. The van der Waals surface area contributed by atoms with Crippen molar-refractivity contribution in [1.82, 2.24) is 10.2 Å². The zero-order valence-corrected chi connectivity index (χ0v) is 11.3. The van der Waals surface area contributed by atoms with Crippen LogP contribution in [0.4, 0.5) is 4.39 Å². The number of morpholine rings is 1. The van der Waals surface area contributed by atoms with Crippen LogP contribution in [0.25, 0.3) is 0 Å². The Morgan fingerprint density at radius 2 is 2.37 bits per heavy atom. The van der Waals surface area contributed by atoms with Crippen LogP contribution in [0.2, 0.25) is 0 Å². The molecule has 1 saturated heterocycles. The van der Waals surface area contributed by atoms with E-state index in [1.165, 1.54) is 12.1 Å². The van der Waals surface area contributed by atoms with E-state index in [4.69, 9.17) is 4.74 Å². The molecule has 1 atom stereocenters. The van der Waals surface area contributed by atoms with Crippen molar-refractivity contribution in [3.63, 3.8) is 0 Å². The number of halogens is 1. The molecule has 1 fully saturated rings. The van der Waals surface area contributed by atoms with Crippen LogP contribution in [0.15, 0.2) is 18.2 Å². The van der Waals surface area contributed by atoms with Crippen LogP contribution in [0.3, 0.4) is 0 Å². The van der Waals surface area contributed by atoms with E-state index in [1.54, 1.807) is 13.0 Å². The van der Waals surface area contributed by atoms with Crippen LogP contribution in [0, 0.1) is 12.7 Å². The highest BCUT2D eigenvalue weighted by Gasteiger charge is 2.19. The first-order valence-corrected chi connectivity index (χ1v) is 6.41. The summed E-state index contributed by atoms with van der Waals surface area (Å²) in [5.41, 5.74) is 0.876. The first-order chi connectivity index (χ1) is 9.06. The lowest BCUT2D eigenvalue weighted by atomic mass is 10.1. The number of carbonyl (C=O) groups is 1. The summed E-state index contributed by atoms with van der Waals surface area (Å²) in [6, 6.07) is 4.59. The molecule has 1 aromatic carbocycles. The number of carbonyl (C=O) groups excluding carboxylic acids is 1. The Bertz CT molecular complexity index is 465. The molecule has 2 rings (SSSR count). The van der Waals surface area contributed by atoms with Gasteiger partial charge in [-0.25, -0.2) is 4.39 Å². The van der Waals surface area contributed by atoms with Gasteiger partial charge in [0, 0.05) is 19.6 Å². The lowest BCUT2D eigenvalue weighted by Crippen LogP contribution is -2.46. The molecule has 4 nitrogen and oxygen atoms in total. The summed E-state index contributed by atoms with van der Waals surface area (Å²) in [5, 5.41) is 2.72. The lowest BCUT2D eigenvalue weighted by Gasteiger charge is -2.30. The molecule has 0 aromatic heterocycles. The van der Waals surface area contributed by atoms with Crippen molar-refractivity contribution in [2.75, 3.05) is 33.3 Å². The van der Waals surface area contributed by atoms with Crippen LogP contribution in [0.5, 0.6) is 0 Å². The molecule has 0 aliphatic carbocycles. The van der Waals surface area contributed by atoms with Gasteiger partial charge in [-0.2, -0.15) is 0 Å². The molecule has 1 N–H and O–H groups in total. The highest BCUT2D eigenvalue weighted by atomic mass is 19.1. The second-order valence-electron chi connectivity index (χ2n) is 4.95. The van der Waals surface area contributed by atoms with E-state index in [1.807, 2.05) is 7.05 Å². The molecular weight excluding hydrogens is 247 g/mol. The third-order valence-corrected chi connectivity index (χ3v) is 3.20. The molecule has 5 heteroatoms. The van der Waals surface area contributed by atoms with Gasteiger partial charge in [0.1, 0.15) is 5.82 Å². The van der Waals surface area contributed by atoms with Crippen molar-refractivity contribution in [2.45, 2.75) is 13.0 Å². The van der Waals surface area contributed by atoms with E-state index >= 15 is 0 Å². The van der Waals surface area contributed by atoms with E-state index in [9.17, 15) is 9.18 Å². The number of rotatable bonds is 3. The second-order valence-corrected chi connectivity index (χ2v) is 4.95. The van der Waals surface area contributed by atoms with Crippen molar-refractivity contribution >= 4 is 5.91 Å². The van der Waals surface area contributed by atoms with Crippen molar-refractivity contribution in [2.24, 2.45) is 0 Å². The van der Waals surface area contributed by atoms with Crippen LogP contribution in [-0.2, 0) is 4.74 Å². The minimum Gasteiger partial charge on any atom is -0.374 e. The van der Waals surface area contributed by atoms with E-state index < -0.39 is 11.7 Å². The normalized spacial score (nSPS) is 20.3. The Kier molecular flexibility index (Phi) is 4.50. The number of aryl methyl sites for hydroxylation is 1. The van der Waals surface area contributed by atoms with E-state index in [2.05, 4.69) is 10.2 Å². The Morgan fingerprint density at radius 3 is 3.05 bits per heavy atom.